The number of furan rings is 1. The lowest BCUT2D eigenvalue weighted by molar-refractivity contribution is 0.00860. The summed E-state index contributed by atoms with van der Waals surface area (Å²) in [7, 11) is 0. The topological polar surface area (TPSA) is 73.6 Å². The predicted molar refractivity (Wildman–Crippen MR) is 113 cm³/mol. The van der Waals surface area contributed by atoms with Gasteiger partial charge < -0.3 is 24.3 Å². The second-order valence-corrected chi connectivity index (χ2v) is 7.91. The van der Waals surface area contributed by atoms with Crippen molar-refractivity contribution < 1.29 is 13.9 Å². The first-order valence-corrected chi connectivity index (χ1v) is 10.8. The van der Waals surface area contributed by atoms with Gasteiger partial charge in [-0.05, 0) is 25.0 Å². The number of carbonyl (C=O) groups is 1. The number of carbonyl (C=O) groups excluding carboxylic acids is 1. The molecule has 1 atom stereocenters. The number of guanidine groups is 1. The maximum atomic E-state index is 12.5. The first-order chi connectivity index (χ1) is 14.1. The minimum Gasteiger partial charge on any atom is -0.459 e. The molecule has 2 aliphatic rings. The van der Waals surface area contributed by atoms with Gasteiger partial charge in [0.2, 0.25) is 0 Å². The smallest absolute Gasteiger partial charge is 0.289 e. The molecule has 0 aromatic carbocycles. The number of nitrogens with one attached hydrogen (secondary N) is 1. The third kappa shape index (κ3) is 5.73. The number of hydrogen-bond donors (Lipinski definition) is 1. The van der Waals surface area contributed by atoms with Crippen molar-refractivity contribution in [3.8, 4) is 0 Å². The van der Waals surface area contributed by atoms with Crippen LogP contribution in [0.5, 0.6) is 0 Å². The summed E-state index contributed by atoms with van der Waals surface area (Å²) < 4.78 is 10.8. The van der Waals surface area contributed by atoms with Crippen LogP contribution in [0.3, 0.4) is 0 Å². The van der Waals surface area contributed by atoms with Crippen LogP contribution in [0.1, 0.15) is 31.3 Å². The Kier molecular flexibility index (Phi) is 7.94. The van der Waals surface area contributed by atoms with E-state index in [1.54, 1.807) is 18.4 Å². The summed E-state index contributed by atoms with van der Waals surface area (Å²) in [5.41, 5.74) is 0. The van der Waals surface area contributed by atoms with E-state index < -0.39 is 0 Å². The second kappa shape index (κ2) is 10.6. The predicted octanol–water partition coefficient (Wildman–Crippen LogP) is 1.36. The molecule has 1 aromatic rings. The Bertz CT molecular complexity index is 647. The van der Waals surface area contributed by atoms with E-state index in [9.17, 15) is 4.79 Å². The number of hydrogen-bond acceptors (Lipinski definition) is 5. The average Bonchev–Trinajstić information content (AvgIpc) is 3.28. The fourth-order valence-electron chi connectivity index (χ4n) is 3.94. The minimum absolute atomic E-state index is 0.0382. The number of morpholine rings is 1. The molecule has 2 saturated heterocycles. The Labute approximate surface area is 173 Å². The average molecular weight is 406 g/mol. The first-order valence-electron chi connectivity index (χ1n) is 10.8. The third-order valence-electron chi connectivity index (χ3n) is 5.65. The Morgan fingerprint density at radius 3 is 2.41 bits per heavy atom. The molecular weight excluding hydrogens is 370 g/mol. The molecule has 3 rings (SSSR count). The Balaban J connectivity index is 1.59. The van der Waals surface area contributed by atoms with Crippen LogP contribution in [0, 0.1) is 5.92 Å². The molecule has 162 valence electrons. The number of nitrogens with zero attached hydrogens (tertiary/aromatic N) is 4. The van der Waals surface area contributed by atoms with Gasteiger partial charge in [-0.15, -0.1) is 0 Å². The van der Waals surface area contributed by atoms with Gasteiger partial charge in [0.1, 0.15) is 0 Å². The van der Waals surface area contributed by atoms with Crippen LogP contribution >= 0.6 is 0 Å². The van der Waals surface area contributed by atoms with Gasteiger partial charge in [0.05, 0.1) is 26.0 Å². The lowest BCUT2D eigenvalue weighted by atomic mass is 10.0. The van der Waals surface area contributed by atoms with E-state index in [1.807, 2.05) is 4.90 Å². The molecule has 2 aliphatic heterocycles. The minimum atomic E-state index is -0.0382. The van der Waals surface area contributed by atoms with Crippen LogP contribution in [-0.2, 0) is 4.74 Å². The largest absolute Gasteiger partial charge is 0.459 e. The monoisotopic (exact) mass is 405 g/mol. The summed E-state index contributed by atoms with van der Waals surface area (Å²) in [6.45, 7) is 14.6. The maximum absolute atomic E-state index is 12.5. The molecule has 8 nitrogen and oxygen atoms in total. The molecule has 0 radical (unpaired) electrons. The molecule has 3 heterocycles. The van der Waals surface area contributed by atoms with Gasteiger partial charge in [-0.1, -0.05) is 13.8 Å². The molecule has 0 aliphatic carbocycles. The van der Waals surface area contributed by atoms with Gasteiger partial charge in [0.25, 0.3) is 5.91 Å². The van der Waals surface area contributed by atoms with Gasteiger partial charge in [-0.25, -0.2) is 0 Å². The standard InChI is InChI=1S/C21H35N5O3/c1-4-22-21(23-16-18(17(2)3)24-11-14-28-15-12-24)26-9-7-25(8-10-26)20(27)19-6-5-13-29-19/h5-6,13,17-18H,4,7-12,14-16H2,1-3H3,(H,22,23). The van der Waals surface area contributed by atoms with E-state index in [-0.39, 0.29) is 5.91 Å². The summed E-state index contributed by atoms with van der Waals surface area (Å²) in [5.74, 6) is 1.84. The number of amides is 1. The summed E-state index contributed by atoms with van der Waals surface area (Å²) in [6.07, 6.45) is 1.54. The highest BCUT2D eigenvalue weighted by Gasteiger charge is 2.27. The molecule has 8 heteroatoms. The Hall–Kier alpha value is -2.06. The molecule has 2 fully saturated rings. The number of ether oxygens (including phenoxy) is 1. The van der Waals surface area contributed by atoms with E-state index in [0.717, 1.165) is 58.4 Å². The highest BCUT2D eigenvalue weighted by molar-refractivity contribution is 5.91. The number of rotatable bonds is 6. The fourth-order valence-corrected chi connectivity index (χ4v) is 3.94. The SMILES string of the molecule is CCNC(=NCC(C(C)C)N1CCOCC1)N1CCN(C(=O)c2ccco2)CC1. The van der Waals surface area contributed by atoms with Crippen LogP contribution in [0.25, 0.3) is 0 Å². The summed E-state index contributed by atoms with van der Waals surface area (Å²) in [4.78, 5) is 24.1. The summed E-state index contributed by atoms with van der Waals surface area (Å²) >= 11 is 0. The summed E-state index contributed by atoms with van der Waals surface area (Å²) in [5, 5.41) is 3.43. The fraction of sp³-hybridized carbons (Fsp3) is 0.714. The number of aliphatic imine (C=N–C) groups is 1. The van der Waals surface area contributed by atoms with E-state index in [2.05, 4.69) is 35.9 Å². The van der Waals surface area contributed by atoms with Crippen molar-refractivity contribution in [2.24, 2.45) is 10.9 Å². The van der Waals surface area contributed by atoms with Crippen molar-refractivity contribution in [3.63, 3.8) is 0 Å². The number of piperazine rings is 1. The lowest BCUT2D eigenvalue weighted by Gasteiger charge is -2.38. The van der Waals surface area contributed by atoms with Gasteiger partial charge in [-0.3, -0.25) is 14.7 Å². The van der Waals surface area contributed by atoms with Crippen LogP contribution in [0.4, 0.5) is 0 Å². The van der Waals surface area contributed by atoms with Gasteiger partial charge >= 0.3 is 0 Å². The van der Waals surface area contributed by atoms with E-state index in [4.69, 9.17) is 14.1 Å². The van der Waals surface area contributed by atoms with E-state index in [0.29, 0.717) is 30.8 Å². The molecule has 29 heavy (non-hydrogen) atoms. The second-order valence-electron chi connectivity index (χ2n) is 7.91. The molecular formula is C21H35N5O3. The zero-order chi connectivity index (χ0) is 20.6. The molecule has 0 bridgehead atoms. The van der Waals surface area contributed by atoms with Crippen molar-refractivity contribution in [3.05, 3.63) is 24.2 Å². The van der Waals surface area contributed by atoms with Crippen LogP contribution in [-0.4, -0.2) is 98.2 Å². The van der Waals surface area contributed by atoms with Crippen molar-refractivity contribution in [2.75, 3.05) is 65.6 Å². The zero-order valence-corrected chi connectivity index (χ0v) is 18.0. The quantitative estimate of drug-likeness (QED) is 0.569. The van der Waals surface area contributed by atoms with Crippen molar-refractivity contribution in [2.45, 2.75) is 26.8 Å². The molecule has 1 unspecified atom stereocenters. The lowest BCUT2D eigenvalue weighted by Crippen LogP contribution is -2.54. The molecule has 0 spiro atoms. The first kappa shape index (κ1) is 21.6. The normalized spacial score (nSPS) is 20.2. The highest BCUT2D eigenvalue weighted by Crippen LogP contribution is 2.14. The van der Waals surface area contributed by atoms with Crippen LogP contribution < -0.4 is 5.32 Å². The van der Waals surface area contributed by atoms with Gasteiger partial charge in [0.15, 0.2) is 11.7 Å². The molecule has 1 amide bonds. The molecule has 0 saturated carbocycles. The van der Waals surface area contributed by atoms with E-state index in [1.165, 1.54) is 0 Å². The van der Waals surface area contributed by atoms with Gasteiger partial charge in [0, 0.05) is 51.9 Å². The maximum Gasteiger partial charge on any atom is 0.289 e. The van der Waals surface area contributed by atoms with Crippen LogP contribution in [0.2, 0.25) is 0 Å². The van der Waals surface area contributed by atoms with Gasteiger partial charge in [-0.2, -0.15) is 0 Å². The van der Waals surface area contributed by atoms with Crippen molar-refractivity contribution in [1.82, 2.24) is 20.0 Å². The summed E-state index contributed by atoms with van der Waals surface area (Å²) in [6, 6.07) is 3.88. The highest BCUT2D eigenvalue weighted by atomic mass is 16.5. The molecule has 1 aromatic heterocycles. The van der Waals surface area contributed by atoms with Crippen molar-refractivity contribution >= 4 is 11.9 Å². The Morgan fingerprint density at radius 1 is 1.14 bits per heavy atom. The van der Waals surface area contributed by atoms with E-state index >= 15 is 0 Å². The zero-order valence-electron chi connectivity index (χ0n) is 18.0. The third-order valence-corrected chi connectivity index (χ3v) is 5.65. The molecule has 1 N–H and O–H groups in total. The van der Waals surface area contributed by atoms with Crippen LogP contribution in [0.15, 0.2) is 27.8 Å². The Morgan fingerprint density at radius 2 is 1.83 bits per heavy atom. The van der Waals surface area contributed by atoms with Crippen molar-refractivity contribution in [1.29, 1.82) is 0 Å².